The lowest BCUT2D eigenvalue weighted by molar-refractivity contribution is -0.274. The molecule has 0 aromatic heterocycles. The smallest absolute Gasteiger partial charge is 0.480 e. The SMILES string of the molecule is NC(Cc1ccc(OC(F)(F)F)cc1)(C(=O)O)C(=O)c1ccccc1. The fourth-order valence-corrected chi connectivity index (χ4v) is 2.23. The number of carbonyl (C=O) groups is 2. The molecule has 0 spiro atoms. The lowest BCUT2D eigenvalue weighted by Crippen LogP contribution is -2.56. The number of hydrogen-bond donors (Lipinski definition) is 2. The predicted molar refractivity (Wildman–Crippen MR) is 82.2 cm³/mol. The van der Waals surface area contributed by atoms with Crippen molar-refractivity contribution < 1.29 is 32.6 Å². The highest BCUT2D eigenvalue weighted by Gasteiger charge is 2.42. The summed E-state index contributed by atoms with van der Waals surface area (Å²) >= 11 is 0. The number of Topliss-reactive ketones (excluding diaryl/α,β-unsaturated/α-hetero) is 1. The largest absolute Gasteiger partial charge is 0.573 e. The Bertz CT molecular complexity index is 760. The second-order valence-electron chi connectivity index (χ2n) is 5.34. The Kier molecular flexibility index (Phi) is 5.13. The van der Waals surface area contributed by atoms with E-state index >= 15 is 0 Å². The van der Waals surface area contributed by atoms with Crippen LogP contribution in [0.3, 0.4) is 0 Å². The Balaban J connectivity index is 2.24. The van der Waals surface area contributed by atoms with Crippen molar-refractivity contribution in [3.63, 3.8) is 0 Å². The predicted octanol–water partition coefficient (Wildman–Crippen LogP) is 2.79. The third-order valence-corrected chi connectivity index (χ3v) is 3.46. The Hall–Kier alpha value is -2.87. The second kappa shape index (κ2) is 6.94. The van der Waals surface area contributed by atoms with Crippen LogP contribution in [0.1, 0.15) is 15.9 Å². The fourth-order valence-electron chi connectivity index (χ4n) is 2.23. The summed E-state index contributed by atoms with van der Waals surface area (Å²) in [5, 5.41) is 9.41. The molecule has 25 heavy (non-hydrogen) atoms. The monoisotopic (exact) mass is 353 g/mol. The van der Waals surface area contributed by atoms with Crippen molar-refractivity contribution in [2.24, 2.45) is 5.73 Å². The number of halogens is 3. The molecule has 0 bridgehead atoms. The van der Waals surface area contributed by atoms with Crippen LogP contribution in [0.4, 0.5) is 13.2 Å². The maximum absolute atomic E-state index is 12.5. The normalized spacial score (nSPS) is 13.8. The maximum Gasteiger partial charge on any atom is 0.573 e. The Morgan fingerprint density at radius 1 is 1.00 bits per heavy atom. The van der Waals surface area contributed by atoms with E-state index in [1.807, 2.05) is 0 Å². The van der Waals surface area contributed by atoms with E-state index < -0.39 is 29.4 Å². The number of hydrogen-bond acceptors (Lipinski definition) is 4. The number of nitrogens with two attached hydrogens (primary N) is 1. The number of benzene rings is 2. The van der Waals surface area contributed by atoms with E-state index in [0.29, 0.717) is 0 Å². The Morgan fingerprint density at radius 2 is 1.56 bits per heavy atom. The molecule has 0 aliphatic heterocycles. The molecule has 0 aliphatic rings. The molecule has 2 aromatic rings. The third-order valence-electron chi connectivity index (χ3n) is 3.46. The minimum atomic E-state index is -4.83. The van der Waals surface area contributed by atoms with E-state index in [0.717, 1.165) is 12.1 Å². The summed E-state index contributed by atoms with van der Waals surface area (Å²) in [5.74, 6) is -2.78. The number of carbonyl (C=O) groups excluding carboxylic acids is 1. The molecule has 2 aromatic carbocycles. The van der Waals surface area contributed by atoms with Gasteiger partial charge >= 0.3 is 12.3 Å². The second-order valence-corrected chi connectivity index (χ2v) is 5.34. The number of ketones is 1. The van der Waals surface area contributed by atoms with Crippen LogP contribution < -0.4 is 10.5 Å². The van der Waals surface area contributed by atoms with E-state index in [4.69, 9.17) is 5.73 Å². The lowest BCUT2D eigenvalue weighted by atomic mass is 9.84. The molecule has 132 valence electrons. The summed E-state index contributed by atoms with van der Waals surface area (Å²) in [6.07, 6.45) is -5.22. The van der Waals surface area contributed by atoms with Gasteiger partial charge in [0, 0.05) is 12.0 Å². The van der Waals surface area contributed by atoms with Crippen molar-refractivity contribution in [3.8, 4) is 5.75 Å². The summed E-state index contributed by atoms with van der Waals surface area (Å²) in [7, 11) is 0. The topological polar surface area (TPSA) is 89.6 Å². The van der Waals surface area contributed by atoms with Gasteiger partial charge in [0.1, 0.15) is 5.75 Å². The molecule has 0 saturated carbocycles. The minimum Gasteiger partial charge on any atom is -0.480 e. The highest BCUT2D eigenvalue weighted by molar-refractivity contribution is 6.16. The molecule has 0 radical (unpaired) electrons. The third kappa shape index (κ3) is 4.57. The van der Waals surface area contributed by atoms with Gasteiger partial charge in [-0.05, 0) is 17.7 Å². The van der Waals surface area contributed by atoms with Crippen molar-refractivity contribution in [1.82, 2.24) is 0 Å². The van der Waals surface area contributed by atoms with Crippen LogP contribution in [0.15, 0.2) is 54.6 Å². The number of alkyl halides is 3. The van der Waals surface area contributed by atoms with Crippen LogP contribution in [-0.2, 0) is 11.2 Å². The van der Waals surface area contributed by atoms with Gasteiger partial charge in [-0.3, -0.25) is 4.79 Å². The van der Waals surface area contributed by atoms with E-state index in [9.17, 15) is 27.9 Å². The summed E-state index contributed by atoms with van der Waals surface area (Å²) in [5.41, 5.74) is 4.00. The number of carboxylic acid groups (broad SMARTS) is 1. The average molecular weight is 353 g/mol. The van der Waals surface area contributed by atoms with Crippen molar-refractivity contribution in [2.45, 2.75) is 18.3 Å². The molecule has 0 heterocycles. The number of rotatable bonds is 6. The molecule has 1 atom stereocenters. The van der Waals surface area contributed by atoms with Gasteiger partial charge in [-0.2, -0.15) is 0 Å². The van der Waals surface area contributed by atoms with Gasteiger partial charge in [0.2, 0.25) is 0 Å². The lowest BCUT2D eigenvalue weighted by Gasteiger charge is -2.23. The van der Waals surface area contributed by atoms with Gasteiger partial charge in [0.05, 0.1) is 0 Å². The van der Waals surface area contributed by atoms with Crippen LogP contribution in [0.2, 0.25) is 0 Å². The molecule has 0 fully saturated rings. The first-order valence-electron chi connectivity index (χ1n) is 7.08. The van der Waals surface area contributed by atoms with E-state index in [1.165, 1.54) is 24.3 Å². The van der Waals surface area contributed by atoms with Gasteiger partial charge in [-0.25, -0.2) is 4.79 Å². The van der Waals surface area contributed by atoms with Crippen LogP contribution in [0.5, 0.6) is 5.75 Å². The van der Waals surface area contributed by atoms with Crippen LogP contribution in [-0.4, -0.2) is 28.8 Å². The zero-order valence-corrected chi connectivity index (χ0v) is 12.8. The van der Waals surface area contributed by atoms with Crippen molar-refractivity contribution in [2.75, 3.05) is 0 Å². The van der Waals surface area contributed by atoms with Crippen LogP contribution >= 0.6 is 0 Å². The molecule has 0 amide bonds. The van der Waals surface area contributed by atoms with Gasteiger partial charge in [-0.1, -0.05) is 42.5 Å². The van der Waals surface area contributed by atoms with E-state index in [-0.39, 0.29) is 17.5 Å². The standard InChI is InChI=1S/C17H14F3NO4/c18-17(19,20)25-13-8-6-11(7-9-13)10-16(21,15(23)24)14(22)12-4-2-1-3-5-12/h1-9H,10,21H2,(H,23,24). The summed E-state index contributed by atoms with van der Waals surface area (Å²) in [6.45, 7) is 0. The summed E-state index contributed by atoms with van der Waals surface area (Å²) < 4.78 is 40.2. The van der Waals surface area contributed by atoms with Crippen molar-refractivity contribution in [3.05, 3.63) is 65.7 Å². The Labute approximate surface area is 140 Å². The van der Waals surface area contributed by atoms with E-state index in [1.54, 1.807) is 18.2 Å². The maximum atomic E-state index is 12.5. The number of aliphatic carboxylic acids is 1. The molecular weight excluding hydrogens is 339 g/mol. The average Bonchev–Trinajstić information content (AvgIpc) is 2.55. The first-order valence-corrected chi connectivity index (χ1v) is 7.08. The first-order chi connectivity index (χ1) is 11.6. The molecule has 1 unspecified atom stereocenters. The van der Waals surface area contributed by atoms with Crippen molar-refractivity contribution in [1.29, 1.82) is 0 Å². The number of ether oxygens (including phenoxy) is 1. The molecule has 3 N–H and O–H groups in total. The quantitative estimate of drug-likeness (QED) is 0.616. The molecule has 0 aliphatic carbocycles. The first kappa shape index (κ1) is 18.5. The zero-order chi connectivity index (χ0) is 18.7. The van der Waals surface area contributed by atoms with Crippen LogP contribution in [0, 0.1) is 0 Å². The molecule has 8 heteroatoms. The number of carboxylic acids is 1. The van der Waals surface area contributed by atoms with Gasteiger partial charge < -0.3 is 15.6 Å². The van der Waals surface area contributed by atoms with Gasteiger partial charge in [0.25, 0.3) is 0 Å². The highest BCUT2D eigenvalue weighted by atomic mass is 19.4. The van der Waals surface area contributed by atoms with Gasteiger partial charge in [-0.15, -0.1) is 13.2 Å². The molecule has 0 saturated heterocycles. The van der Waals surface area contributed by atoms with Gasteiger partial charge in [0.15, 0.2) is 11.3 Å². The molecule has 5 nitrogen and oxygen atoms in total. The van der Waals surface area contributed by atoms with Crippen LogP contribution in [0.25, 0.3) is 0 Å². The zero-order valence-electron chi connectivity index (χ0n) is 12.8. The molecule has 2 rings (SSSR count). The Morgan fingerprint density at radius 3 is 2.04 bits per heavy atom. The van der Waals surface area contributed by atoms with E-state index in [2.05, 4.69) is 4.74 Å². The minimum absolute atomic E-state index is 0.129. The highest BCUT2D eigenvalue weighted by Crippen LogP contribution is 2.24. The van der Waals surface area contributed by atoms with Crippen molar-refractivity contribution >= 4 is 11.8 Å². The summed E-state index contributed by atoms with van der Waals surface area (Å²) in [6, 6.07) is 12.2. The fraction of sp³-hybridized carbons (Fsp3) is 0.176. The summed E-state index contributed by atoms with van der Waals surface area (Å²) in [4.78, 5) is 24.1. The molecular formula is C17H14F3NO4.